The number of hydrogen-bond donors (Lipinski definition) is 1. The summed E-state index contributed by atoms with van der Waals surface area (Å²) in [7, 11) is 0. The Morgan fingerprint density at radius 2 is 2.19 bits per heavy atom. The van der Waals surface area contributed by atoms with E-state index in [1.165, 1.54) is 28.5 Å². The van der Waals surface area contributed by atoms with Crippen LogP contribution in [0.3, 0.4) is 0 Å². The zero-order valence-corrected chi connectivity index (χ0v) is 16.3. The van der Waals surface area contributed by atoms with Crippen LogP contribution in [0.15, 0.2) is 58.2 Å². The Balaban J connectivity index is 1.40. The third kappa shape index (κ3) is 4.07. The van der Waals surface area contributed by atoms with Gasteiger partial charge in [-0.1, -0.05) is 47.6 Å². The number of para-hydroxylation sites is 2. The van der Waals surface area contributed by atoms with Gasteiger partial charge in [-0.15, -0.1) is 11.8 Å². The fourth-order valence-corrected chi connectivity index (χ4v) is 4.59. The van der Waals surface area contributed by atoms with Gasteiger partial charge in [-0.05, 0) is 29.8 Å². The summed E-state index contributed by atoms with van der Waals surface area (Å²) in [5.41, 5.74) is 4.97. The Morgan fingerprint density at radius 3 is 3.00 bits per heavy atom. The van der Waals surface area contributed by atoms with E-state index in [1.54, 1.807) is 12.1 Å². The lowest BCUT2D eigenvalue weighted by atomic mass is 10.2. The summed E-state index contributed by atoms with van der Waals surface area (Å²) < 4.78 is 5.59. The molecule has 1 atom stereocenters. The molecule has 1 fully saturated rings. The van der Waals surface area contributed by atoms with E-state index in [-0.39, 0.29) is 22.9 Å². The molecular weight excluding hydrogens is 406 g/mol. The Morgan fingerprint density at radius 1 is 1.33 bits per heavy atom. The van der Waals surface area contributed by atoms with Crippen LogP contribution in [-0.4, -0.2) is 33.3 Å². The molecule has 4 rings (SSSR count). The Hall–Kier alpha value is -2.16. The molecule has 2 aromatic carbocycles. The molecule has 0 bridgehead atoms. The SMILES string of the molecule is O=C(CSc1nc2ccccc2o1)NN1C(=O)CSC1c1cccc(Cl)c1. The van der Waals surface area contributed by atoms with Crippen molar-refractivity contribution in [1.29, 1.82) is 0 Å². The standard InChI is InChI=1S/C18H14ClN3O3S2/c19-12-5-3-4-11(8-12)17-22(16(24)10-26-17)21-15(23)9-27-18-20-13-6-1-2-7-14(13)25-18/h1-8,17H,9-10H2,(H,21,23). The number of hydrazine groups is 1. The van der Waals surface area contributed by atoms with Crippen LogP contribution in [0.25, 0.3) is 11.1 Å². The van der Waals surface area contributed by atoms with Crippen molar-refractivity contribution in [1.82, 2.24) is 15.4 Å². The van der Waals surface area contributed by atoms with Gasteiger partial charge in [0.2, 0.25) is 5.91 Å². The van der Waals surface area contributed by atoms with Gasteiger partial charge >= 0.3 is 0 Å². The molecule has 1 unspecified atom stereocenters. The number of hydrogen-bond acceptors (Lipinski definition) is 6. The summed E-state index contributed by atoms with van der Waals surface area (Å²) >= 11 is 8.67. The monoisotopic (exact) mass is 419 g/mol. The van der Waals surface area contributed by atoms with Crippen LogP contribution >= 0.6 is 35.1 Å². The van der Waals surface area contributed by atoms with Crippen molar-refractivity contribution in [3.8, 4) is 0 Å². The second kappa shape index (κ2) is 7.84. The maximum atomic E-state index is 12.3. The molecular formula is C18H14ClN3O3S2. The van der Waals surface area contributed by atoms with Crippen LogP contribution in [0.2, 0.25) is 5.02 Å². The fraction of sp³-hybridized carbons (Fsp3) is 0.167. The van der Waals surface area contributed by atoms with E-state index in [2.05, 4.69) is 10.4 Å². The predicted molar refractivity (Wildman–Crippen MR) is 106 cm³/mol. The van der Waals surface area contributed by atoms with Crippen molar-refractivity contribution in [3.63, 3.8) is 0 Å². The summed E-state index contributed by atoms with van der Waals surface area (Å²) in [5.74, 6) is -0.0606. The molecule has 2 heterocycles. The highest BCUT2D eigenvalue weighted by Crippen LogP contribution is 2.38. The first-order valence-corrected chi connectivity index (χ1v) is 10.5. The Labute approximate surface area is 168 Å². The Kier molecular flexibility index (Phi) is 5.29. The van der Waals surface area contributed by atoms with Crippen molar-refractivity contribution in [3.05, 3.63) is 59.1 Å². The van der Waals surface area contributed by atoms with Gasteiger partial charge < -0.3 is 4.42 Å². The van der Waals surface area contributed by atoms with Gasteiger partial charge in [0, 0.05) is 5.02 Å². The molecule has 6 nitrogen and oxygen atoms in total. The second-order valence-electron chi connectivity index (χ2n) is 5.75. The fourth-order valence-electron chi connectivity index (χ4n) is 2.66. The number of thioether (sulfide) groups is 2. The number of benzene rings is 2. The maximum Gasteiger partial charge on any atom is 0.257 e. The first-order chi connectivity index (χ1) is 13.1. The summed E-state index contributed by atoms with van der Waals surface area (Å²) in [4.78, 5) is 28.9. The summed E-state index contributed by atoms with van der Waals surface area (Å²) in [6.45, 7) is 0. The van der Waals surface area contributed by atoms with Crippen molar-refractivity contribution in [2.24, 2.45) is 0 Å². The number of nitrogens with zero attached hydrogens (tertiary/aromatic N) is 2. The molecule has 3 aromatic rings. The van der Waals surface area contributed by atoms with Gasteiger partial charge in [0.25, 0.3) is 11.1 Å². The number of amides is 2. The van der Waals surface area contributed by atoms with Crippen molar-refractivity contribution in [2.45, 2.75) is 10.6 Å². The first kappa shape index (κ1) is 18.2. The molecule has 0 spiro atoms. The quantitative estimate of drug-likeness (QED) is 0.632. The minimum absolute atomic E-state index is 0.0868. The first-order valence-electron chi connectivity index (χ1n) is 8.07. The topological polar surface area (TPSA) is 75.4 Å². The van der Waals surface area contributed by atoms with Crippen LogP contribution in [-0.2, 0) is 9.59 Å². The largest absolute Gasteiger partial charge is 0.431 e. The maximum absolute atomic E-state index is 12.3. The van der Waals surface area contributed by atoms with E-state index in [0.29, 0.717) is 21.6 Å². The van der Waals surface area contributed by atoms with E-state index in [4.69, 9.17) is 16.0 Å². The molecule has 0 radical (unpaired) electrons. The number of halogens is 1. The van der Waals surface area contributed by atoms with Crippen molar-refractivity contribution >= 4 is 58.0 Å². The molecule has 1 saturated heterocycles. The highest BCUT2D eigenvalue weighted by Gasteiger charge is 2.34. The lowest BCUT2D eigenvalue weighted by Gasteiger charge is -2.24. The van der Waals surface area contributed by atoms with Gasteiger partial charge in [-0.3, -0.25) is 15.0 Å². The van der Waals surface area contributed by atoms with Crippen LogP contribution in [0.5, 0.6) is 0 Å². The lowest BCUT2D eigenvalue weighted by Crippen LogP contribution is -2.45. The molecule has 1 N–H and O–H groups in total. The highest BCUT2D eigenvalue weighted by atomic mass is 35.5. The zero-order chi connectivity index (χ0) is 18.8. The lowest BCUT2D eigenvalue weighted by molar-refractivity contribution is -0.138. The van der Waals surface area contributed by atoms with Crippen molar-refractivity contribution < 1.29 is 14.0 Å². The van der Waals surface area contributed by atoms with Crippen LogP contribution in [0.4, 0.5) is 0 Å². The molecule has 0 aliphatic carbocycles. The molecule has 0 saturated carbocycles. The van der Waals surface area contributed by atoms with Gasteiger partial charge in [-0.25, -0.2) is 9.99 Å². The van der Waals surface area contributed by atoms with Gasteiger partial charge in [-0.2, -0.15) is 0 Å². The third-order valence-corrected chi connectivity index (χ3v) is 6.12. The number of nitrogens with one attached hydrogen (secondary N) is 1. The summed E-state index contributed by atoms with van der Waals surface area (Å²) in [6, 6.07) is 14.7. The molecule has 27 heavy (non-hydrogen) atoms. The average Bonchev–Trinajstić information content (AvgIpc) is 3.23. The molecule has 1 aliphatic rings. The normalized spacial score (nSPS) is 16.9. The van der Waals surface area contributed by atoms with Crippen LogP contribution in [0, 0.1) is 0 Å². The number of rotatable bonds is 5. The van der Waals surface area contributed by atoms with Gasteiger partial charge in [0.05, 0.1) is 11.5 Å². The molecule has 9 heteroatoms. The van der Waals surface area contributed by atoms with E-state index in [9.17, 15) is 9.59 Å². The zero-order valence-electron chi connectivity index (χ0n) is 13.9. The second-order valence-corrected chi connectivity index (χ2v) is 8.18. The minimum atomic E-state index is -0.301. The average molecular weight is 420 g/mol. The molecule has 138 valence electrons. The van der Waals surface area contributed by atoms with Gasteiger partial charge in [0.1, 0.15) is 10.9 Å². The van der Waals surface area contributed by atoms with E-state index in [1.807, 2.05) is 36.4 Å². The van der Waals surface area contributed by atoms with Crippen LogP contribution in [0.1, 0.15) is 10.9 Å². The number of carbonyl (C=O) groups excluding carboxylic acids is 2. The van der Waals surface area contributed by atoms with Gasteiger partial charge in [0.15, 0.2) is 5.58 Å². The predicted octanol–water partition coefficient (Wildman–Crippen LogP) is 3.88. The van der Waals surface area contributed by atoms with E-state index >= 15 is 0 Å². The van der Waals surface area contributed by atoms with E-state index < -0.39 is 0 Å². The third-order valence-electron chi connectivity index (χ3n) is 3.85. The number of aromatic nitrogens is 1. The molecule has 1 aromatic heterocycles. The molecule has 2 amide bonds. The summed E-state index contributed by atoms with van der Waals surface area (Å²) in [6.07, 6.45) is 0. The number of fused-ring (bicyclic) bond motifs is 1. The molecule has 1 aliphatic heterocycles. The van der Waals surface area contributed by atoms with Crippen molar-refractivity contribution in [2.75, 3.05) is 11.5 Å². The smallest absolute Gasteiger partial charge is 0.257 e. The summed E-state index contributed by atoms with van der Waals surface area (Å²) in [5, 5.41) is 2.07. The Bertz CT molecular complexity index is 977. The van der Waals surface area contributed by atoms with Crippen LogP contribution < -0.4 is 5.43 Å². The number of carbonyl (C=O) groups is 2. The minimum Gasteiger partial charge on any atom is -0.431 e. The van der Waals surface area contributed by atoms with E-state index in [0.717, 1.165) is 11.1 Å². The highest BCUT2D eigenvalue weighted by molar-refractivity contribution is 8.00. The number of oxazole rings is 1.